The number of halogens is 1. The molecule has 0 aliphatic heterocycles. The summed E-state index contributed by atoms with van der Waals surface area (Å²) in [5.74, 6) is 0.497. The number of carbonyl (C=O) groups excluding carboxylic acids is 1. The molecule has 126 valence electrons. The van der Waals surface area contributed by atoms with Crippen molar-refractivity contribution in [2.45, 2.75) is 13.0 Å². The van der Waals surface area contributed by atoms with Gasteiger partial charge in [-0.1, -0.05) is 39.3 Å². The van der Waals surface area contributed by atoms with Gasteiger partial charge in [0.2, 0.25) is 6.10 Å². The van der Waals surface area contributed by atoms with Crippen LogP contribution in [0, 0.1) is 0 Å². The lowest BCUT2D eigenvalue weighted by Crippen LogP contribution is -2.28. The van der Waals surface area contributed by atoms with E-state index in [0.29, 0.717) is 11.4 Å². The van der Waals surface area contributed by atoms with Crippen molar-refractivity contribution in [3.8, 4) is 5.75 Å². The first kappa shape index (κ1) is 17.8. The molecule has 1 unspecified atom stereocenters. The molecule has 1 amide bonds. The van der Waals surface area contributed by atoms with Crippen LogP contribution in [0.4, 0.5) is 5.69 Å². The van der Waals surface area contributed by atoms with Crippen molar-refractivity contribution in [2.75, 3.05) is 11.9 Å². The summed E-state index contributed by atoms with van der Waals surface area (Å²) in [5.41, 5.74) is 6.37. The molecule has 7 heteroatoms. The van der Waals surface area contributed by atoms with Gasteiger partial charge in [0, 0.05) is 10.2 Å². The van der Waals surface area contributed by atoms with E-state index in [-0.39, 0.29) is 18.3 Å². The number of hydrogen-bond acceptors (Lipinski definition) is 4. The van der Waals surface area contributed by atoms with E-state index in [0.717, 1.165) is 4.47 Å². The SMILES string of the molecule is CC(ON=C(N)COc1ccccc1)C(=O)Nc1ccc(Br)cc1. The highest BCUT2D eigenvalue weighted by Gasteiger charge is 2.14. The highest BCUT2D eigenvalue weighted by molar-refractivity contribution is 9.10. The number of carbonyl (C=O) groups is 1. The van der Waals surface area contributed by atoms with Crippen LogP contribution in [-0.2, 0) is 9.63 Å². The third-order valence-electron chi connectivity index (χ3n) is 2.94. The second-order valence-corrected chi connectivity index (χ2v) is 5.84. The van der Waals surface area contributed by atoms with Crippen LogP contribution in [0.2, 0.25) is 0 Å². The van der Waals surface area contributed by atoms with Crippen LogP contribution in [-0.4, -0.2) is 24.5 Å². The fraction of sp³-hybridized carbons (Fsp3) is 0.176. The Hall–Kier alpha value is -2.54. The summed E-state index contributed by atoms with van der Waals surface area (Å²) in [6.07, 6.45) is -0.788. The van der Waals surface area contributed by atoms with E-state index in [4.69, 9.17) is 15.3 Å². The Morgan fingerprint density at radius 2 is 1.88 bits per heavy atom. The zero-order valence-corrected chi connectivity index (χ0v) is 14.7. The maximum Gasteiger partial charge on any atom is 0.267 e. The molecule has 0 aromatic heterocycles. The van der Waals surface area contributed by atoms with Crippen molar-refractivity contribution < 1.29 is 14.4 Å². The maximum atomic E-state index is 12.0. The number of nitrogens with one attached hydrogen (secondary N) is 1. The van der Waals surface area contributed by atoms with Gasteiger partial charge in [-0.2, -0.15) is 0 Å². The van der Waals surface area contributed by atoms with E-state index in [1.807, 2.05) is 42.5 Å². The summed E-state index contributed by atoms with van der Waals surface area (Å²) < 4.78 is 6.36. The van der Waals surface area contributed by atoms with E-state index in [1.54, 1.807) is 19.1 Å². The van der Waals surface area contributed by atoms with E-state index in [2.05, 4.69) is 26.4 Å². The number of ether oxygens (including phenoxy) is 1. The molecule has 0 aliphatic rings. The number of nitrogens with two attached hydrogens (primary N) is 1. The van der Waals surface area contributed by atoms with Crippen LogP contribution in [0.5, 0.6) is 5.75 Å². The molecule has 24 heavy (non-hydrogen) atoms. The Balaban J connectivity index is 1.78. The van der Waals surface area contributed by atoms with Gasteiger partial charge in [0.15, 0.2) is 5.84 Å². The summed E-state index contributed by atoms with van der Waals surface area (Å²) in [6.45, 7) is 1.66. The Morgan fingerprint density at radius 1 is 1.21 bits per heavy atom. The summed E-state index contributed by atoms with van der Waals surface area (Å²) in [4.78, 5) is 17.1. The third-order valence-corrected chi connectivity index (χ3v) is 3.47. The Morgan fingerprint density at radius 3 is 2.54 bits per heavy atom. The second-order valence-electron chi connectivity index (χ2n) is 4.93. The van der Waals surface area contributed by atoms with Gasteiger partial charge in [0.25, 0.3) is 5.91 Å². The number of para-hydroxylation sites is 1. The number of amides is 1. The lowest BCUT2D eigenvalue weighted by Gasteiger charge is -2.11. The highest BCUT2D eigenvalue weighted by Crippen LogP contribution is 2.14. The lowest BCUT2D eigenvalue weighted by atomic mass is 10.3. The predicted octanol–water partition coefficient (Wildman–Crippen LogP) is 3.14. The molecule has 1 atom stereocenters. The molecule has 3 N–H and O–H groups in total. The fourth-order valence-electron chi connectivity index (χ4n) is 1.67. The fourth-order valence-corrected chi connectivity index (χ4v) is 1.94. The van der Waals surface area contributed by atoms with E-state index < -0.39 is 6.10 Å². The normalized spacial score (nSPS) is 12.3. The number of rotatable bonds is 7. The Kier molecular flexibility index (Phi) is 6.62. The quantitative estimate of drug-likeness (QED) is 0.431. The van der Waals surface area contributed by atoms with Gasteiger partial charge < -0.3 is 20.6 Å². The van der Waals surface area contributed by atoms with Gasteiger partial charge in [-0.05, 0) is 43.3 Å². The van der Waals surface area contributed by atoms with Gasteiger partial charge in [0.05, 0.1) is 0 Å². The molecule has 0 bridgehead atoms. The van der Waals surface area contributed by atoms with Crippen molar-refractivity contribution in [1.82, 2.24) is 0 Å². The Labute approximate surface area is 148 Å². The number of benzene rings is 2. The smallest absolute Gasteiger partial charge is 0.267 e. The predicted molar refractivity (Wildman–Crippen MR) is 96.9 cm³/mol. The van der Waals surface area contributed by atoms with Crippen LogP contribution in [0.3, 0.4) is 0 Å². The van der Waals surface area contributed by atoms with Crippen molar-refractivity contribution >= 4 is 33.4 Å². The standard InChI is InChI=1S/C17H18BrN3O3/c1-12(17(22)20-14-9-7-13(18)8-10-14)24-21-16(19)11-23-15-5-3-2-4-6-15/h2-10,12H,11H2,1H3,(H2,19,21)(H,20,22). The number of hydrogen-bond donors (Lipinski definition) is 2. The summed E-state index contributed by atoms with van der Waals surface area (Å²) >= 11 is 3.33. The lowest BCUT2D eigenvalue weighted by molar-refractivity contribution is -0.126. The van der Waals surface area contributed by atoms with Gasteiger partial charge in [-0.15, -0.1) is 0 Å². The molecular weight excluding hydrogens is 374 g/mol. The molecule has 0 radical (unpaired) electrons. The minimum Gasteiger partial charge on any atom is -0.486 e. The first-order valence-corrected chi connectivity index (χ1v) is 8.06. The molecule has 0 spiro atoms. The molecule has 0 aliphatic carbocycles. The zero-order valence-electron chi connectivity index (χ0n) is 13.1. The summed E-state index contributed by atoms with van der Waals surface area (Å²) in [6, 6.07) is 16.4. The molecule has 0 saturated heterocycles. The molecule has 2 rings (SSSR count). The first-order chi connectivity index (χ1) is 11.5. The monoisotopic (exact) mass is 391 g/mol. The van der Waals surface area contributed by atoms with Crippen molar-refractivity contribution in [1.29, 1.82) is 0 Å². The van der Waals surface area contributed by atoms with Crippen molar-refractivity contribution in [2.24, 2.45) is 10.9 Å². The van der Waals surface area contributed by atoms with E-state index in [9.17, 15) is 4.79 Å². The van der Waals surface area contributed by atoms with Gasteiger partial charge in [-0.3, -0.25) is 4.79 Å². The number of anilines is 1. The average Bonchev–Trinajstić information content (AvgIpc) is 2.60. The average molecular weight is 392 g/mol. The molecule has 6 nitrogen and oxygen atoms in total. The molecule has 2 aromatic rings. The minimum absolute atomic E-state index is 0.0745. The Bertz CT molecular complexity index is 690. The van der Waals surface area contributed by atoms with Crippen LogP contribution >= 0.6 is 15.9 Å². The molecular formula is C17H18BrN3O3. The van der Waals surface area contributed by atoms with Crippen molar-refractivity contribution in [3.05, 3.63) is 59.1 Å². The highest BCUT2D eigenvalue weighted by atomic mass is 79.9. The topological polar surface area (TPSA) is 85.9 Å². The molecule has 0 saturated carbocycles. The largest absolute Gasteiger partial charge is 0.486 e. The van der Waals surface area contributed by atoms with E-state index in [1.165, 1.54) is 0 Å². The maximum absolute atomic E-state index is 12.0. The van der Waals surface area contributed by atoms with Gasteiger partial charge in [0.1, 0.15) is 12.4 Å². The number of amidine groups is 1. The second kappa shape index (κ2) is 8.93. The number of nitrogens with zero attached hydrogens (tertiary/aromatic N) is 1. The molecule has 0 fully saturated rings. The number of oxime groups is 1. The van der Waals surface area contributed by atoms with Gasteiger partial charge in [-0.25, -0.2) is 0 Å². The molecule has 2 aromatic carbocycles. The zero-order chi connectivity index (χ0) is 17.4. The summed E-state index contributed by atoms with van der Waals surface area (Å²) in [5, 5.41) is 6.44. The van der Waals surface area contributed by atoms with E-state index >= 15 is 0 Å². The third kappa shape index (κ3) is 5.92. The van der Waals surface area contributed by atoms with Gasteiger partial charge >= 0.3 is 0 Å². The van der Waals surface area contributed by atoms with Crippen molar-refractivity contribution in [3.63, 3.8) is 0 Å². The van der Waals surface area contributed by atoms with Crippen LogP contribution in [0.25, 0.3) is 0 Å². The first-order valence-electron chi connectivity index (χ1n) is 7.27. The minimum atomic E-state index is -0.788. The van der Waals surface area contributed by atoms with Crippen LogP contribution < -0.4 is 15.8 Å². The molecule has 0 heterocycles. The van der Waals surface area contributed by atoms with Crippen LogP contribution in [0.15, 0.2) is 64.2 Å². The van der Waals surface area contributed by atoms with Crippen LogP contribution in [0.1, 0.15) is 6.92 Å². The summed E-state index contributed by atoms with van der Waals surface area (Å²) in [7, 11) is 0.